The molecule has 0 aliphatic carbocycles. The normalized spacial score (nSPS) is 14.5. The third kappa shape index (κ3) is 4.79. The van der Waals surface area contributed by atoms with Gasteiger partial charge in [-0.2, -0.15) is 0 Å². The van der Waals surface area contributed by atoms with E-state index in [2.05, 4.69) is 24.1 Å². The van der Waals surface area contributed by atoms with Gasteiger partial charge in [-0.05, 0) is 55.1 Å². The first kappa shape index (κ1) is 21.8. The van der Waals surface area contributed by atoms with Crippen LogP contribution in [0.15, 0.2) is 42.5 Å². The van der Waals surface area contributed by atoms with Gasteiger partial charge in [0.1, 0.15) is 5.69 Å². The number of carbonyl (C=O) groups is 1. The van der Waals surface area contributed by atoms with E-state index in [1.54, 1.807) is 24.3 Å². The SMILES string of the molecule is COC(=O)c1ccccc1-c1ccc(N(CC(C)C)C2CCNCC2)c([N+](=O)[O-])c1. The number of benzene rings is 2. The minimum atomic E-state index is -0.464. The summed E-state index contributed by atoms with van der Waals surface area (Å²) in [5.41, 5.74) is 2.34. The van der Waals surface area contributed by atoms with Crippen molar-refractivity contribution in [2.75, 3.05) is 31.6 Å². The molecule has 1 saturated heterocycles. The lowest BCUT2D eigenvalue weighted by atomic mass is 9.97. The van der Waals surface area contributed by atoms with E-state index in [1.165, 1.54) is 7.11 Å². The van der Waals surface area contributed by atoms with Crippen molar-refractivity contribution in [1.29, 1.82) is 0 Å². The topological polar surface area (TPSA) is 84.7 Å². The van der Waals surface area contributed by atoms with Crippen LogP contribution >= 0.6 is 0 Å². The monoisotopic (exact) mass is 411 g/mol. The first-order valence-electron chi connectivity index (χ1n) is 10.4. The summed E-state index contributed by atoms with van der Waals surface area (Å²) < 4.78 is 4.87. The molecule has 0 amide bonds. The Morgan fingerprint density at radius 2 is 1.93 bits per heavy atom. The average Bonchev–Trinajstić information content (AvgIpc) is 2.77. The second-order valence-corrected chi connectivity index (χ2v) is 8.03. The van der Waals surface area contributed by atoms with Gasteiger partial charge in [-0.1, -0.05) is 38.1 Å². The Labute approximate surface area is 177 Å². The van der Waals surface area contributed by atoms with Crippen molar-refractivity contribution in [3.8, 4) is 11.1 Å². The molecule has 7 nitrogen and oxygen atoms in total. The molecule has 2 aromatic rings. The molecule has 1 N–H and O–H groups in total. The zero-order valence-corrected chi connectivity index (χ0v) is 17.8. The van der Waals surface area contributed by atoms with Crippen molar-refractivity contribution >= 4 is 17.3 Å². The summed E-state index contributed by atoms with van der Waals surface area (Å²) >= 11 is 0. The van der Waals surface area contributed by atoms with Crippen LogP contribution in [-0.4, -0.2) is 43.7 Å². The van der Waals surface area contributed by atoms with Gasteiger partial charge in [0, 0.05) is 18.7 Å². The molecule has 0 aromatic heterocycles. The van der Waals surface area contributed by atoms with Crippen LogP contribution in [0.2, 0.25) is 0 Å². The van der Waals surface area contributed by atoms with Crippen LogP contribution in [0.25, 0.3) is 11.1 Å². The predicted molar refractivity (Wildman–Crippen MR) is 118 cm³/mol. The van der Waals surface area contributed by atoms with Crippen LogP contribution in [0.5, 0.6) is 0 Å². The molecular formula is C23H29N3O4. The van der Waals surface area contributed by atoms with Gasteiger partial charge in [-0.3, -0.25) is 10.1 Å². The summed E-state index contributed by atoms with van der Waals surface area (Å²) in [6.45, 7) is 6.83. The Morgan fingerprint density at radius 3 is 2.57 bits per heavy atom. The number of ether oxygens (including phenoxy) is 1. The van der Waals surface area contributed by atoms with Gasteiger partial charge in [0.05, 0.1) is 17.6 Å². The molecule has 1 fully saturated rings. The zero-order chi connectivity index (χ0) is 21.7. The van der Waals surface area contributed by atoms with E-state index in [0.717, 1.165) is 32.5 Å². The maximum absolute atomic E-state index is 12.2. The van der Waals surface area contributed by atoms with Crippen LogP contribution in [0.4, 0.5) is 11.4 Å². The molecule has 160 valence electrons. The lowest BCUT2D eigenvalue weighted by molar-refractivity contribution is -0.384. The van der Waals surface area contributed by atoms with E-state index < -0.39 is 5.97 Å². The van der Waals surface area contributed by atoms with Gasteiger partial charge in [0.2, 0.25) is 0 Å². The number of anilines is 1. The van der Waals surface area contributed by atoms with Crippen LogP contribution in [-0.2, 0) is 4.74 Å². The van der Waals surface area contributed by atoms with Crippen molar-refractivity contribution in [2.24, 2.45) is 5.92 Å². The molecule has 0 unspecified atom stereocenters. The number of nitrogens with one attached hydrogen (secondary N) is 1. The predicted octanol–water partition coefficient (Wildman–Crippen LogP) is 4.26. The van der Waals surface area contributed by atoms with Crippen LogP contribution < -0.4 is 10.2 Å². The highest BCUT2D eigenvalue weighted by atomic mass is 16.6. The number of piperidine rings is 1. The molecule has 3 rings (SSSR count). The number of esters is 1. The Morgan fingerprint density at radius 1 is 1.23 bits per heavy atom. The minimum Gasteiger partial charge on any atom is -0.465 e. The highest BCUT2D eigenvalue weighted by Gasteiger charge is 2.28. The molecule has 0 bridgehead atoms. The number of nitro groups is 1. The van der Waals surface area contributed by atoms with Gasteiger partial charge in [0.25, 0.3) is 5.69 Å². The Hall–Kier alpha value is -2.93. The smallest absolute Gasteiger partial charge is 0.338 e. The number of nitro benzene ring substituents is 1. The average molecular weight is 412 g/mol. The maximum atomic E-state index is 12.2. The first-order valence-corrected chi connectivity index (χ1v) is 10.4. The first-order chi connectivity index (χ1) is 14.4. The largest absolute Gasteiger partial charge is 0.465 e. The van der Waals surface area contributed by atoms with Crippen molar-refractivity contribution in [3.63, 3.8) is 0 Å². The molecule has 1 aliphatic heterocycles. The summed E-state index contributed by atoms with van der Waals surface area (Å²) in [5, 5.41) is 15.4. The molecule has 1 aliphatic rings. The number of hydrogen-bond acceptors (Lipinski definition) is 6. The second kappa shape index (κ2) is 9.71. The second-order valence-electron chi connectivity index (χ2n) is 8.03. The lowest BCUT2D eigenvalue weighted by Crippen LogP contribution is -2.45. The van der Waals surface area contributed by atoms with Crippen LogP contribution in [0.1, 0.15) is 37.0 Å². The minimum absolute atomic E-state index is 0.0614. The summed E-state index contributed by atoms with van der Waals surface area (Å²) in [5.74, 6) is -0.0901. The molecule has 1 heterocycles. The summed E-state index contributed by atoms with van der Waals surface area (Å²) in [4.78, 5) is 26.1. The van der Waals surface area contributed by atoms with E-state index >= 15 is 0 Å². The van der Waals surface area contributed by atoms with Crippen molar-refractivity contribution in [2.45, 2.75) is 32.7 Å². The molecule has 0 atom stereocenters. The van der Waals surface area contributed by atoms with E-state index in [-0.39, 0.29) is 16.7 Å². The summed E-state index contributed by atoms with van der Waals surface area (Å²) in [6, 6.07) is 12.5. The van der Waals surface area contributed by atoms with Gasteiger partial charge in [0.15, 0.2) is 0 Å². The Bertz CT molecular complexity index is 907. The molecule has 0 radical (unpaired) electrons. The van der Waals surface area contributed by atoms with E-state index in [4.69, 9.17) is 4.74 Å². The lowest BCUT2D eigenvalue weighted by Gasteiger charge is -2.37. The number of methoxy groups -OCH3 is 1. The number of rotatable bonds is 7. The standard InChI is InChI=1S/C23H29N3O4/c1-16(2)15-25(18-10-12-24-13-11-18)21-9-8-17(14-22(21)26(28)29)19-6-4-5-7-20(19)23(27)30-3/h4-9,14,16,18,24H,10-13,15H2,1-3H3. The molecule has 0 saturated carbocycles. The van der Waals surface area contributed by atoms with Crippen molar-refractivity contribution in [1.82, 2.24) is 5.32 Å². The molecule has 30 heavy (non-hydrogen) atoms. The number of hydrogen-bond donors (Lipinski definition) is 1. The highest BCUT2D eigenvalue weighted by molar-refractivity contribution is 5.97. The quantitative estimate of drug-likeness (QED) is 0.416. The third-order valence-electron chi connectivity index (χ3n) is 5.44. The van der Waals surface area contributed by atoms with Gasteiger partial charge < -0.3 is 15.0 Å². The summed E-state index contributed by atoms with van der Waals surface area (Å²) in [6.07, 6.45) is 1.91. The van der Waals surface area contributed by atoms with Crippen LogP contribution in [0, 0.1) is 16.0 Å². The molecule has 0 spiro atoms. The highest BCUT2D eigenvalue weighted by Crippen LogP contribution is 2.36. The maximum Gasteiger partial charge on any atom is 0.338 e. The van der Waals surface area contributed by atoms with Gasteiger partial charge in [-0.25, -0.2) is 4.79 Å². The van der Waals surface area contributed by atoms with E-state index in [9.17, 15) is 14.9 Å². The van der Waals surface area contributed by atoms with E-state index in [1.807, 2.05) is 18.2 Å². The van der Waals surface area contributed by atoms with Crippen molar-refractivity contribution in [3.05, 3.63) is 58.1 Å². The van der Waals surface area contributed by atoms with Crippen LogP contribution in [0.3, 0.4) is 0 Å². The zero-order valence-electron chi connectivity index (χ0n) is 17.8. The fourth-order valence-corrected chi connectivity index (χ4v) is 4.06. The number of nitrogens with zero attached hydrogens (tertiary/aromatic N) is 2. The molecular weight excluding hydrogens is 382 g/mol. The number of carbonyl (C=O) groups excluding carboxylic acids is 1. The fourth-order valence-electron chi connectivity index (χ4n) is 4.06. The van der Waals surface area contributed by atoms with E-state index in [0.29, 0.717) is 28.3 Å². The van der Waals surface area contributed by atoms with Gasteiger partial charge >= 0.3 is 5.97 Å². The van der Waals surface area contributed by atoms with Gasteiger partial charge in [-0.15, -0.1) is 0 Å². The summed E-state index contributed by atoms with van der Waals surface area (Å²) in [7, 11) is 1.33. The molecule has 7 heteroatoms. The fraction of sp³-hybridized carbons (Fsp3) is 0.435. The van der Waals surface area contributed by atoms with Crippen molar-refractivity contribution < 1.29 is 14.5 Å². The molecule has 2 aromatic carbocycles. The Kier molecular flexibility index (Phi) is 7.05. The third-order valence-corrected chi connectivity index (χ3v) is 5.44. The Balaban J connectivity index is 2.07.